The normalized spacial score (nSPS) is 15.5. The SMILES string of the molecule is Cc1ccc(N)cc1C(=O)OCC(=O)NC1CCCCC1. The molecule has 5 nitrogen and oxygen atoms in total. The van der Waals surface area contributed by atoms with Crippen molar-refractivity contribution in [1.29, 1.82) is 0 Å². The van der Waals surface area contributed by atoms with Gasteiger partial charge >= 0.3 is 5.97 Å². The van der Waals surface area contributed by atoms with Crippen LogP contribution in [-0.2, 0) is 9.53 Å². The predicted molar refractivity (Wildman–Crippen MR) is 80.9 cm³/mol. The highest BCUT2D eigenvalue weighted by Gasteiger charge is 2.17. The lowest BCUT2D eigenvalue weighted by Crippen LogP contribution is -2.38. The standard InChI is InChI=1S/C16H22N2O3/c1-11-7-8-12(17)9-14(11)16(20)21-10-15(19)18-13-5-3-2-4-6-13/h7-9,13H,2-6,10,17H2,1H3,(H,18,19). The first-order valence-corrected chi connectivity index (χ1v) is 7.39. The maximum Gasteiger partial charge on any atom is 0.338 e. The Morgan fingerprint density at radius 3 is 2.71 bits per heavy atom. The molecular formula is C16H22N2O3. The molecule has 0 bridgehead atoms. The van der Waals surface area contributed by atoms with Gasteiger partial charge in [-0.3, -0.25) is 4.79 Å². The predicted octanol–water partition coefficient (Wildman–Crippen LogP) is 2.18. The molecular weight excluding hydrogens is 268 g/mol. The van der Waals surface area contributed by atoms with Crippen LogP contribution in [0.5, 0.6) is 0 Å². The Morgan fingerprint density at radius 2 is 2.00 bits per heavy atom. The van der Waals surface area contributed by atoms with Crippen LogP contribution in [0.2, 0.25) is 0 Å². The molecule has 0 atom stereocenters. The third kappa shape index (κ3) is 4.48. The van der Waals surface area contributed by atoms with Crippen molar-refractivity contribution < 1.29 is 14.3 Å². The fourth-order valence-corrected chi connectivity index (χ4v) is 2.58. The molecule has 114 valence electrons. The van der Waals surface area contributed by atoms with E-state index in [4.69, 9.17) is 10.5 Å². The van der Waals surface area contributed by atoms with Crippen molar-refractivity contribution in [2.45, 2.75) is 45.1 Å². The molecule has 1 aliphatic rings. The molecule has 1 aliphatic carbocycles. The quantitative estimate of drug-likeness (QED) is 0.658. The molecule has 1 saturated carbocycles. The van der Waals surface area contributed by atoms with Crippen molar-refractivity contribution in [2.24, 2.45) is 0 Å². The Hall–Kier alpha value is -2.04. The Morgan fingerprint density at radius 1 is 1.29 bits per heavy atom. The van der Waals surface area contributed by atoms with Crippen LogP contribution in [0.15, 0.2) is 18.2 Å². The second-order valence-corrected chi connectivity index (χ2v) is 5.55. The molecule has 5 heteroatoms. The Kier molecular flexibility index (Phi) is 5.20. The third-order valence-corrected chi connectivity index (χ3v) is 3.79. The van der Waals surface area contributed by atoms with Gasteiger partial charge in [0.25, 0.3) is 5.91 Å². The van der Waals surface area contributed by atoms with Gasteiger partial charge in [-0.05, 0) is 37.5 Å². The van der Waals surface area contributed by atoms with E-state index in [-0.39, 0.29) is 18.6 Å². The number of hydrogen-bond donors (Lipinski definition) is 2. The molecule has 3 N–H and O–H groups in total. The highest BCUT2D eigenvalue weighted by atomic mass is 16.5. The van der Waals surface area contributed by atoms with Gasteiger partial charge in [0.1, 0.15) is 0 Å². The number of benzene rings is 1. The molecule has 1 fully saturated rings. The van der Waals surface area contributed by atoms with Gasteiger partial charge in [-0.1, -0.05) is 25.3 Å². The van der Waals surface area contributed by atoms with Crippen LogP contribution < -0.4 is 11.1 Å². The van der Waals surface area contributed by atoms with Gasteiger partial charge < -0.3 is 15.8 Å². The zero-order valence-corrected chi connectivity index (χ0v) is 12.4. The molecule has 0 radical (unpaired) electrons. The number of rotatable bonds is 4. The van der Waals surface area contributed by atoms with Crippen LogP contribution in [0.25, 0.3) is 0 Å². The summed E-state index contributed by atoms with van der Waals surface area (Å²) in [5, 5.41) is 2.91. The minimum atomic E-state index is -0.515. The van der Waals surface area contributed by atoms with Gasteiger partial charge in [-0.25, -0.2) is 4.79 Å². The zero-order chi connectivity index (χ0) is 15.2. The van der Waals surface area contributed by atoms with Crippen LogP contribution in [0.4, 0.5) is 5.69 Å². The number of hydrogen-bond acceptors (Lipinski definition) is 4. The summed E-state index contributed by atoms with van der Waals surface area (Å²) in [6.45, 7) is 1.56. The van der Waals surface area contributed by atoms with Crippen LogP contribution in [0.3, 0.4) is 0 Å². The van der Waals surface area contributed by atoms with Crippen LogP contribution >= 0.6 is 0 Å². The van der Waals surface area contributed by atoms with E-state index in [0.717, 1.165) is 31.2 Å². The number of ether oxygens (including phenoxy) is 1. The van der Waals surface area contributed by atoms with Crippen molar-refractivity contribution in [3.63, 3.8) is 0 Å². The lowest BCUT2D eigenvalue weighted by Gasteiger charge is -2.22. The minimum Gasteiger partial charge on any atom is -0.452 e. The summed E-state index contributed by atoms with van der Waals surface area (Å²) in [6.07, 6.45) is 5.54. The van der Waals surface area contributed by atoms with E-state index < -0.39 is 5.97 Å². The minimum absolute atomic E-state index is 0.221. The maximum atomic E-state index is 12.0. The molecule has 1 aromatic rings. The third-order valence-electron chi connectivity index (χ3n) is 3.79. The van der Waals surface area contributed by atoms with Gasteiger partial charge in [0.05, 0.1) is 5.56 Å². The molecule has 0 spiro atoms. The van der Waals surface area contributed by atoms with Crippen LogP contribution in [-0.4, -0.2) is 24.5 Å². The second-order valence-electron chi connectivity index (χ2n) is 5.55. The molecule has 0 aromatic heterocycles. The number of carbonyl (C=O) groups excluding carboxylic acids is 2. The van der Waals surface area contributed by atoms with E-state index >= 15 is 0 Å². The maximum absolute atomic E-state index is 12.0. The Balaban J connectivity index is 1.82. The van der Waals surface area contributed by atoms with Gasteiger partial charge in [0, 0.05) is 11.7 Å². The van der Waals surface area contributed by atoms with Crippen LogP contribution in [0.1, 0.15) is 48.0 Å². The van der Waals surface area contributed by atoms with E-state index in [1.54, 1.807) is 25.1 Å². The van der Waals surface area contributed by atoms with Crippen molar-refractivity contribution in [3.8, 4) is 0 Å². The number of nitrogens with one attached hydrogen (secondary N) is 1. The number of carbonyl (C=O) groups is 2. The lowest BCUT2D eigenvalue weighted by atomic mass is 9.95. The number of nitrogens with two attached hydrogens (primary N) is 1. The lowest BCUT2D eigenvalue weighted by molar-refractivity contribution is -0.125. The second kappa shape index (κ2) is 7.11. The number of nitrogen functional groups attached to an aromatic ring is 1. The molecule has 0 unspecified atom stereocenters. The first-order chi connectivity index (χ1) is 10.1. The van der Waals surface area contributed by atoms with Crippen molar-refractivity contribution >= 4 is 17.6 Å². The smallest absolute Gasteiger partial charge is 0.338 e. The van der Waals surface area contributed by atoms with E-state index in [0.29, 0.717) is 11.3 Å². The fraction of sp³-hybridized carbons (Fsp3) is 0.500. The molecule has 2 rings (SSSR count). The van der Waals surface area contributed by atoms with Crippen molar-refractivity contribution in [3.05, 3.63) is 29.3 Å². The Labute approximate surface area is 124 Å². The molecule has 1 aromatic carbocycles. The summed E-state index contributed by atoms with van der Waals surface area (Å²) in [4.78, 5) is 23.7. The number of amides is 1. The number of aryl methyl sites for hydroxylation is 1. The monoisotopic (exact) mass is 290 g/mol. The molecule has 21 heavy (non-hydrogen) atoms. The highest BCUT2D eigenvalue weighted by Crippen LogP contribution is 2.17. The Bertz CT molecular complexity index is 522. The summed E-state index contributed by atoms with van der Waals surface area (Å²) < 4.78 is 5.06. The van der Waals surface area contributed by atoms with E-state index in [1.807, 2.05) is 0 Å². The largest absolute Gasteiger partial charge is 0.452 e. The highest BCUT2D eigenvalue weighted by molar-refractivity contribution is 5.93. The van der Waals surface area contributed by atoms with Crippen molar-refractivity contribution in [1.82, 2.24) is 5.32 Å². The van der Waals surface area contributed by atoms with E-state index in [1.165, 1.54) is 6.42 Å². The van der Waals surface area contributed by atoms with Gasteiger partial charge in [0.15, 0.2) is 6.61 Å². The van der Waals surface area contributed by atoms with Gasteiger partial charge in [-0.2, -0.15) is 0 Å². The summed E-state index contributed by atoms with van der Waals surface area (Å²) in [6, 6.07) is 5.27. The van der Waals surface area contributed by atoms with Gasteiger partial charge in [-0.15, -0.1) is 0 Å². The first kappa shape index (κ1) is 15.4. The molecule has 0 aliphatic heterocycles. The van der Waals surface area contributed by atoms with Crippen molar-refractivity contribution in [2.75, 3.05) is 12.3 Å². The summed E-state index contributed by atoms with van der Waals surface area (Å²) >= 11 is 0. The van der Waals surface area contributed by atoms with E-state index in [9.17, 15) is 9.59 Å². The average molecular weight is 290 g/mol. The first-order valence-electron chi connectivity index (χ1n) is 7.39. The van der Waals surface area contributed by atoms with E-state index in [2.05, 4.69) is 5.32 Å². The average Bonchev–Trinajstić information content (AvgIpc) is 2.48. The summed E-state index contributed by atoms with van der Waals surface area (Å²) in [5.74, 6) is -0.754. The molecule has 0 saturated heterocycles. The number of esters is 1. The van der Waals surface area contributed by atoms with Crippen LogP contribution in [0, 0.1) is 6.92 Å². The van der Waals surface area contributed by atoms with Gasteiger partial charge in [0.2, 0.25) is 0 Å². The topological polar surface area (TPSA) is 81.4 Å². The summed E-state index contributed by atoms with van der Waals surface area (Å²) in [5.41, 5.74) is 7.34. The molecule has 0 heterocycles. The number of anilines is 1. The molecule has 1 amide bonds. The fourth-order valence-electron chi connectivity index (χ4n) is 2.58. The summed E-state index contributed by atoms with van der Waals surface area (Å²) in [7, 11) is 0. The zero-order valence-electron chi connectivity index (χ0n) is 12.4.